The molecular weight excluding hydrogens is 304 g/mol. The largest absolute Gasteiger partial charge is 0.349 e. The van der Waals surface area contributed by atoms with E-state index in [0.717, 1.165) is 5.92 Å². The number of benzene rings is 1. The fourth-order valence-electron chi connectivity index (χ4n) is 4.10. The Hall–Kier alpha value is -1.62. The smallest absolute Gasteiger partial charge is 0.270 e. The highest BCUT2D eigenvalue weighted by atomic mass is 35.5. The number of non-ortho nitro benzene ring substituents is 1. The van der Waals surface area contributed by atoms with Crippen molar-refractivity contribution in [3.63, 3.8) is 0 Å². The van der Waals surface area contributed by atoms with E-state index in [-0.39, 0.29) is 28.2 Å². The summed E-state index contributed by atoms with van der Waals surface area (Å²) in [5.74, 6) is 1.71. The molecule has 1 N–H and O–H groups in total. The van der Waals surface area contributed by atoms with Crippen LogP contribution in [0.4, 0.5) is 5.69 Å². The van der Waals surface area contributed by atoms with Crippen molar-refractivity contribution in [2.75, 3.05) is 0 Å². The molecule has 2 fully saturated rings. The Balaban J connectivity index is 1.71. The minimum absolute atomic E-state index is 0.0677. The molecule has 2 aliphatic rings. The maximum Gasteiger partial charge on any atom is 0.270 e. The highest BCUT2D eigenvalue weighted by Crippen LogP contribution is 2.49. The maximum absolute atomic E-state index is 12.4. The molecule has 0 unspecified atom stereocenters. The van der Waals surface area contributed by atoms with Crippen LogP contribution in [0.5, 0.6) is 0 Å². The van der Waals surface area contributed by atoms with Crippen molar-refractivity contribution in [3.05, 3.63) is 38.9 Å². The van der Waals surface area contributed by atoms with Gasteiger partial charge in [0.05, 0.1) is 15.5 Å². The summed E-state index contributed by atoms with van der Waals surface area (Å²) in [6, 6.07) is 4.01. The number of nitrogens with one attached hydrogen (secondary N) is 1. The van der Waals surface area contributed by atoms with Crippen LogP contribution in [0.15, 0.2) is 18.2 Å². The molecule has 118 valence electrons. The average molecular weight is 323 g/mol. The number of nitrogens with zero attached hydrogens (tertiary/aromatic N) is 1. The predicted molar refractivity (Wildman–Crippen MR) is 84.0 cm³/mol. The van der Waals surface area contributed by atoms with Crippen LogP contribution in [0.2, 0.25) is 5.02 Å². The van der Waals surface area contributed by atoms with Crippen LogP contribution < -0.4 is 5.32 Å². The fraction of sp³-hybridized carbons (Fsp3) is 0.562. The van der Waals surface area contributed by atoms with Crippen molar-refractivity contribution in [1.82, 2.24) is 5.32 Å². The molecule has 3 rings (SSSR count). The second kappa shape index (κ2) is 5.88. The molecule has 0 radical (unpaired) electrons. The van der Waals surface area contributed by atoms with E-state index in [1.165, 1.54) is 43.9 Å². The number of nitro benzene ring substituents is 1. The summed E-state index contributed by atoms with van der Waals surface area (Å²) in [5.41, 5.74) is 0.0491. The summed E-state index contributed by atoms with van der Waals surface area (Å²) < 4.78 is 0. The number of halogens is 1. The lowest BCUT2D eigenvalue weighted by molar-refractivity contribution is -0.384. The second-order valence-electron chi connectivity index (χ2n) is 6.52. The van der Waals surface area contributed by atoms with Crippen molar-refractivity contribution in [3.8, 4) is 0 Å². The van der Waals surface area contributed by atoms with E-state index in [1.54, 1.807) is 0 Å². The molecule has 0 spiro atoms. The van der Waals surface area contributed by atoms with E-state index in [0.29, 0.717) is 11.8 Å². The molecular formula is C16H19ClN2O3. The first-order valence-electron chi connectivity index (χ1n) is 7.70. The highest BCUT2D eigenvalue weighted by Gasteiger charge is 2.42. The van der Waals surface area contributed by atoms with Crippen LogP contribution in [0, 0.1) is 27.9 Å². The van der Waals surface area contributed by atoms with Crippen LogP contribution in [0.25, 0.3) is 0 Å². The molecule has 0 aliphatic heterocycles. The van der Waals surface area contributed by atoms with Crippen LogP contribution in [0.3, 0.4) is 0 Å². The van der Waals surface area contributed by atoms with Gasteiger partial charge in [0.25, 0.3) is 11.6 Å². The maximum atomic E-state index is 12.4. The molecule has 6 heteroatoms. The zero-order valence-corrected chi connectivity index (χ0v) is 13.2. The zero-order chi connectivity index (χ0) is 15.9. The van der Waals surface area contributed by atoms with E-state index in [2.05, 4.69) is 5.32 Å². The minimum Gasteiger partial charge on any atom is -0.349 e. The van der Waals surface area contributed by atoms with Crippen LogP contribution >= 0.6 is 11.6 Å². The van der Waals surface area contributed by atoms with Crippen molar-refractivity contribution < 1.29 is 9.72 Å². The lowest BCUT2D eigenvalue weighted by Crippen LogP contribution is -2.40. The monoisotopic (exact) mass is 322 g/mol. The number of nitro groups is 1. The summed E-state index contributed by atoms with van der Waals surface area (Å²) in [6.45, 7) is 2.02. The number of amides is 1. The molecule has 0 aromatic heterocycles. The molecule has 2 aliphatic carbocycles. The van der Waals surface area contributed by atoms with Crippen LogP contribution in [0.1, 0.15) is 43.0 Å². The van der Waals surface area contributed by atoms with Gasteiger partial charge >= 0.3 is 0 Å². The Morgan fingerprint density at radius 3 is 2.77 bits per heavy atom. The predicted octanol–water partition coefficient (Wildman–Crippen LogP) is 3.80. The second-order valence-corrected chi connectivity index (χ2v) is 6.93. The van der Waals surface area contributed by atoms with Gasteiger partial charge in [0.1, 0.15) is 0 Å². The number of hydrogen-bond donors (Lipinski definition) is 1. The normalized spacial score (nSPS) is 27.6. The molecule has 1 aromatic rings. The van der Waals surface area contributed by atoms with Gasteiger partial charge in [-0.3, -0.25) is 14.9 Å². The minimum atomic E-state index is -0.521. The molecule has 4 atom stereocenters. The summed E-state index contributed by atoms with van der Waals surface area (Å²) in [4.78, 5) is 22.7. The van der Waals surface area contributed by atoms with Gasteiger partial charge in [-0.05, 0) is 50.0 Å². The van der Waals surface area contributed by atoms with E-state index in [1.807, 2.05) is 6.92 Å². The number of carbonyl (C=O) groups is 1. The fourth-order valence-corrected chi connectivity index (χ4v) is 4.30. The molecule has 2 saturated carbocycles. The summed E-state index contributed by atoms with van der Waals surface area (Å²) in [6.07, 6.45) is 5.03. The summed E-state index contributed by atoms with van der Waals surface area (Å²) in [7, 11) is 0. The van der Waals surface area contributed by atoms with E-state index < -0.39 is 4.92 Å². The number of rotatable bonds is 4. The topological polar surface area (TPSA) is 72.2 Å². The lowest BCUT2D eigenvalue weighted by Gasteiger charge is -2.28. The van der Waals surface area contributed by atoms with Gasteiger partial charge in [0.15, 0.2) is 0 Å². The molecule has 1 amide bonds. The quantitative estimate of drug-likeness (QED) is 0.677. The number of hydrogen-bond acceptors (Lipinski definition) is 3. The van der Waals surface area contributed by atoms with Crippen molar-refractivity contribution in [2.45, 2.75) is 38.6 Å². The molecule has 0 heterocycles. The van der Waals surface area contributed by atoms with Gasteiger partial charge in [-0.1, -0.05) is 18.0 Å². The Labute approximate surface area is 134 Å². The average Bonchev–Trinajstić information content (AvgIpc) is 3.09. The summed E-state index contributed by atoms with van der Waals surface area (Å²) >= 11 is 6.02. The van der Waals surface area contributed by atoms with Crippen LogP contribution in [-0.2, 0) is 0 Å². The first-order chi connectivity index (χ1) is 10.5. The van der Waals surface area contributed by atoms with Crippen molar-refractivity contribution in [2.24, 2.45) is 17.8 Å². The highest BCUT2D eigenvalue weighted by molar-refractivity contribution is 6.33. The van der Waals surface area contributed by atoms with Gasteiger partial charge in [0, 0.05) is 18.2 Å². The number of fused-ring (bicyclic) bond motifs is 2. The molecule has 1 aromatic carbocycles. The molecule has 0 saturated heterocycles. The van der Waals surface area contributed by atoms with E-state index in [9.17, 15) is 14.9 Å². The Morgan fingerprint density at radius 2 is 2.18 bits per heavy atom. The molecule has 5 nitrogen and oxygen atoms in total. The van der Waals surface area contributed by atoms with Gasteiger partial charge < -0.3 is 5.32 Å². The third-order valence-corrected chi connectivity index (χ3v) is 5.53. The van der Waals surface area contributed by atoms with Gasteiger partial charge in [-0.15, -0.1) is 0 Å². The SMILES string of the molecule is C[C@H](NC(=O)c1cc([N+](=O)[O-])ccc1Cl)[C@H]1C[C@H]2CC[C@H]1C2. The van der Waals surface area contributed by atoms with Crippen molar-refractivity contribution in [1.29, 1.82) is 0 Å². The van der Waals surface area contributed by atoms with Crippen molar-refractivity contribution >= 4 is 23.2 Å². The standard InChI is InChI=1S/C16H19ClN2O3/c1-9(13-7-10-2-3-11(13)6-10)18-16(20)14-8-12(19(21)22)4-5-15(14)17/h4-5,8-11,13H,2-3,6-7H2,1H3,(H,18,20)/t9-,10-,11-,13+/m0/s1. The Kier molecular flexibility index (Phi) is 4.08. The first kappa shape index (κ1) is 15.3. The van der Waals surface area contributed by atoms with Crippen LogP contribution in [-0.4, -0.2) is 16.9 Å². The molecule has 2 bridgehead atoms. The zero-order valence-electron chi connectivity index (χ0n) is 12.4. The Bertz CT molecular complexity index is 619. The van der Waals surface area contributed by atoms with Gasteiger partial charge in [0.2, 0.25) is 0 Å². The lowest BCUT2D eigenvalue weighted by atomic mass is 9.84. The molecule has 22 heavy (non-hydrogen) atoms. The Morgan fingerprint density at radius 1 is 1.41 bits per heavy atom. The van der Waals surface area contributed by atoms with Gasteiger partial charge in [-0.2, -0.15) is 0 Å². The van der Waals surface area contributed by atoms with E-state index in [4.69, 9.17) is 11.6 Å². The van der Waals surface area contributed by atoms with Gasteiger partial charge in [-0.25, -0.2) is 0 Å². The first-order valence-corrected chi connectivity index (χ1v) is 8.08. The third-order valence-electron chi connectivity index (χ3n) is 5.20. The third kappa shape index (κ3) is 2.82. The van der Waals surface area contributed by atoms with E-state index >= 15 is 0 Å². The number of carbonyl (C=O) groups excluding carboxylic acids is 1. The summed E-state index contributed by atoms with van der Waals surface area (Å²) in [5, 5.41) is 14.1.